The second-order valence-electron chi connectivity index (χ2n) is 3.90. The van der Waals surface area contributed by atoms with Crippen LogP contribution in [0.1, 0.15) is 5.56 Å². The van der Waals surface area contributed by atoms with E-state index >= 15 is 0 Å². The van der Waals surface area contributed by atoms with E-state index < -0.39 is 5.56 Å². The fourth-order valence-corrected chi connectivity index (χ4v) is 1.70. The quantitative estimate of drug-likeness (QED) is 0.846. The predicted octanol–water partition coefficient (Wildman–Crippen LogP) is 1.70. The van der Waals surface area contributed by atoms with Crippen LogP contribution in [0, 0.1) is 12.7 Å². The molecular weight excluding hydrogens is 251 g/mol. The summed E-state index contributed by atoms with van der Waals surface area (Å²) in [5.74, 6) is -0.0284. The van der Waals surface area contributed by atoms with Crippen LogP contribution in [0.15, 0.2) is 29.2 Å². The van der Waals surface area contributed by atoms with E-state index in [1.54, 1.807) is 6.92 Å². The van der Waals surface area contributed by atoms with Crippen molar-refractivity contribution < 1.29 is 13.9 Å². The Balaban J connectivity index is 2.63. The van der Waals surface area contributed by atoms with Crippen molar-refractivity contribution in [3.05, 3.63) is 46.1 Å². The third kappa shape index (κ3) is 2.29. The van der Waals surface area contributed by atoms with E-state index in [0.29, 0.717) is 11.3 Å². The summed E-state index contributed by atoms with van der Waals surface area (Å²) in [5, 5.41) is 3.98. The van der Waals surface area contributed by atoms with E-state index in [1.807, 2.05) is 0 Å². The molecule has 0 aliphatic rings. The van der Waals surface area contributed by atoms with Crippen LogP contribution in [0.5, 0.6) is 11.5 Å². The van der Waals surface area contributed by atoms with Gasteiger partial charge in [0.15, 0.2) is 5.75 Å². The maximum atomic E-state index is 13.2. The molecule has 2 aromatic rings. The van der Waals surface area contributed by atoms with Crippen LogP contribution >= 0.6 is 0 Å². The van der Waals surface area contributed by atoms with E-state index in [1.165, 1.54) is 38.6 Å². The van der Waals surface area contributed by atoms with E-state index in [0.717, 1.165) is 4.68 Å². The van der Waals surface area contributed by atoms with Crippen molar-refractivity contribution >= 4 is 0 Å². The van der Waals surface area contributed by atoms with Gasteiger partial charge in [-0.25, -0.2) is 4.39 Å². The molecule has 1 aromatic heterocycles. The maximum absolute atomic E-state index is 13.2. The summed E-state index contributed by atoms with van der Waals surface area (Å²) in [5.41, 5.74) is 0.429. The molecule has 0 spiro atoms. The number of ether oxygens (including phenoxy) is 2. The number of nitrogens with zero attached hydrogens (tertiary/aromatic N) is 2. The molecule has 2 rings (SSSR count). The van der Waals surface area contributed by atoms with Crippen molar-refractivity contribution in [1.29, 1.82) is 0 Å². The van der Waals surface area contributed by atoms with Gasteiger partial charge in [0.1, 0.15) is 5.82 Å². The highest BCUT2D eigenvalue weighted by atomic mass is 19.1. The molecule has 0 atom stereocenters. The minimum atomic E-state index is -0.465. The van der Waals surface area contributed by atoms with Crippen LogP contribution in [-0.4, -0.2) is 24.0 Å². The van der Waals surface area contributed by atoms with Crippen LogP contribution < -0.4 is 15.0 Å². The molecule has 19 heavy (non-hydrogen) atoms. The van der Waals surface area contributed by atoms with Gasteiger partial charge >= 0.3 is 5.56 Å². The van der Waals surface area contributed by atoms with Gasteiger partial charge < -0.3 is 9.47 Å². The second kappa shape index (κ2) is 5.09. The molecule has 0 unspecified atom stereocenters. The molecule has 100 valence electrons. The van der Waals surface area contributed by atoms with Crippen molar-refractivity contribution in [2.45, 2.75) is 6.92 Å². The van der Waals surface area contributed by atoms with E-state index in [4.69, 9.17) is 9.47 Å². The zero-order chi connectivity index (χ0) is 14.0. The van der Waals surface area contributed by atoms with Gasteiger partial charge in [0, 0.05) is 0 Å². The van der Waals surface area contributed by atoms with E-state index in [9.17, 15) is 9.18 Å². The highest BCUT2D eigenvalue weighted by Gasteiger charge is 2.14. The molecule has 0 fully saturated rings. The Bertz CT molecular complexity index is 667. The van der Waals surface area contributed by atoms with Gasteiger partial charge in [0.2, 0.25) is 5.75 Å². The minimum absolute atomic E-state index is 0.0551. The Morgan fingerprint density at radius 2 is 2.00 bits per heavy atom. The fraction of sp³-hybridized carbons (Fsp3) is 0.231. The van der Waals surface area contributed by atoms with Crippen molar-refractivity contribution in [2.75, 3.05) is 14.2 Å². The standard InChI is InChI=1S/C13H13FN2O3/c1-8-6-9(4-5-10(8)14)16-13(17)12(19-3)11(18-2)7-15-16/h4-7H,1-3H3. The number of hydrogen-bond donors (Lipinski definition) is 0. The lowest BCUT2D eigenvalue weighted by Gasteiger charge is -2.10. The topological polar surface area (TPSA) is 53.4 Å². The summed E-state index contributed by atoms with van der Waals surface area (Å²) in [6, 6.07) is 4.30. The molecule has 0 N–H and O–H groups in total. The Morgan fingerprint density at radius 1 is 1.26 bits per heavy atom. The van der Waals surface area contributed by atoms with Gasteiger partial charge in [0.05, 0.1) is 26.1 Å². The average molecular weight is 264 g/mol. The molecule has 0 radical (unpaired) electrons. The summed E-state index contributed by atoms with van der Waals surface area (Å²) in [6.45, 7) is 1.62. The van der Waals surface area contributed by atoms with Crippen molar-refractivity contribution in [2.24, 2.45) is 0 Å². The number of rotatable bonds is 3. The third-order valence-electron chi connectivity index (χ3n) is 2.71. The number of methoxy groups -OCH3 is 2. The van der Waals surface area contributed by atoms with E-state index in [-0.39, 0.29) is 17.3 Å². The first kappa shape index (κ1) is 13.1. The summed E-state index contributed by atoms with van der Waals surface area (Å²) in [6.07, 6.45) is 1.37. The first-order chi connectivity index (χ1) is 9.08. The molecular formula is C13H13FN2O3. The maximum Gasteiger partial charge on any atom is 0.317 e. The number of aromatic nitrogens is 2. The smallest absolute Gasteiger partial charge is 0.317 e. The summed E-state index contributed by atoms with van der Waals surface area (Å²) in [4.78, 5) is 12.2. The van der Waals surface area contributed by atoms with Crippen LogP contribution in [-0.2, 0) is 0 Å². The molecule has 0 amide bonds. The zero-order valence-corrected chi connectivity index (χ0v) is 10.8. The lowest BCUT2D eigenvalue weighted by atomic mass is 10.2. The van der Waals surface area contributed by atoms with Crippen LogP contribution in [0.25, 0.3) is 5.69 Å². The number of benzene rings is 1. The van der Waals surface area contributed by atoms with E-state index in [2.05, 4.69) is 5.10 Å². The van der Waals surface area contributed by atoms with Crippen molar-refractivity contribution in [3.8, 4) is 17.2 Å². The monoisotopic (exact) mass is 264 g/mol. The highest BCUT2D eigenvalue weighted by Crippen LogP contribution is 2.21. The SMILES string of the molecule is COc1cnn(-c2ccc(F)c(C)c2)c(=O)c1OC. The molecule has 5 nitrogen and oxygen atoms in total. The van der Waals surface area contributed by atoms with Gasteiger partial charge in [-0.15, -0.1) is 0 Å². The molecule has 0 bridgehead atoms. The van der Waals surface area contributed by atoms with Crippen LogP contribution in [0.3, 0.4) is 0 Å². The molecule has 0 aliphatic heterocycles. The Morgan fingerprint density at radius 3 is 2.58 bits per heavy atom. The van der Waals surface area contributed by atoms with Gasteiger partial charge in [-0.1, -0.05) is 0 Å². The Labute approximate surface area is 109 Å². The number of hydrogen-bond acceptors (Lipinski definition) is 4. The molecule has 0 aliphatic carbocycles. The highest BCUT2D eigenvalue weighted by molar-refractivity contribution is 5.40. The first-order valence-electron chi connectivity index (χ1n) is 5.55. The molecule has 0 saturated heterocycles. The predicted molar refractivity (Wildman–Crippen MR) is 67.6 cm³/mol. The molecule has 6 heteroatoms. The van der Waals surface area contributed by atoms with Gasteiger partial charge in [-0.3, -0.25) is 4.79 Å². The lowest BCUT2D eigenvalue weighted by molar-refractivity contribution is 0.344. The van der Waals surface area contributed by atoms with Crippen molar-refractivity contribution in [3.63, 3.8) is 0 Å². The van der Waals surface area contributed by atoms with Gasteiger partial charge in [0.25, 0.3) is 0 Å². The minimum Gasteiger partial charge on any atom is -0.491 e. The fourth-order valence-electron chi connectivity index (χ4n) is 1.70. The molecule has 0 saturated carbocycles. The van der Waals surface area contributed by atoms with Gasteiger partial charge in [-0.2, -0.15) is 9.78 Å². The average Bonchev–Trinajstić information content (AvgIpc) is 2.41. The molecule has 1 heterocycles. The summed E-state index contributed by atoms with van der Waals surface area (Å²) in [7, 11) is 2.80. The van der Waals surface area contributed by atoms with Crippen LogP contribution in [0.2, 0.25) is 0 Å². The van der Waals surface area contributed by atoms with Crippen molar-refractivity contribution in [1.82, 2.24) is 9.78 Å². The van der Waals surface area contributed by atoms with Gasteiger partial charge in [-0.05, 0) is 30.7 Å². The second-order valence-corrected chi connectivity index (χ2v) is 3.90. The normalized spacial score (nSPS) is 10.3. The Kier molecular flexibility index (Phi) is 3.50. The lowest BCUT2D eigenvalue weighted by Crippen LogP contribution is -2.23. The Hall–Kier alpha value is -2.37. The molecule has 1 aromatic carbocycles. The zero-order valence-electron chi connectivity index (χ0n) is 10.8. The number of aryl methyl sites for hydroxylation is 1. The third-order valence-corrected chi connectivity index (χ3v) is 2.71. The number of halogens is 1. The summed E-state index contributed by atoms with van der Waals surface area (Å²) < 4.78 is 24.4. The summed E-state index contributed by atoms with van der Waals surface area (Å²) >= 11 is 0. The largest absolute Gasteiger partial charge is 0.491 e. The first-order valence-corrected chi connectivity index (χ1v) is 5.55. The van der Waals surface area contributed by atoms with Crippen LogP contribution in [0.4, 0.5) is 4.39 Å².